The van der Waals surface area contributed by atoms with Crippen molar-refractivity contribution in [2.45, 2.75) is 31.7 Å². The normalized spacial score (nSPS) is 11.5. The monoisotopic (exact) mass is 445 g/mol. The van der Waals surface area contributed by atoms with E-state index in [0.29, 0.717) is 16.3 Å². The summed E-state index contributed by atoms with van der Waals surface area (Å²) in [6.45, 7) is 4.57. The Labute approximate surface area is 182 Å². The van der Waals surface area contributed by atoms with Crippen LogP contribution in [0.1, 0.15) is 27.3 Å². The Morgan fingerprint density at radius 1 is 1.03 bits per heavy atom. The molecular weight excluding hydrogens is 422 g/mol. The van der Waals surface area contributed by atoms with Crippen LogP contribution in [-0.4, -0.2) is 31.6 Å². The fourth-order valence-electron chi connectivity index (χ4n) is 3.33. The zero-order valence-corrected chi connectivity index (χ0v) is 18.8. The fraction of sp³-hybridized carbons (Fsp3) is 0.261. The molecule has 0 aliphatic heterocycles. The Kier molecular flexibility index (Phi) is 6.68. The number of sulfone groups is 1. The SMILES string of the molecule is Cc1cc(C(=O)COc2ccc(S(C)(=O)=O)cc2)c(C)n1CCc1ccc(Cl)cc1. The van der Waals surface area contributed by atoms with Crippen molar-refractivity contribution in [3.8, 4) is 5.75 Å². The molecule has 158 valence electrons. The number of carbonyl (C=O) groups is 1. The molecule has 0 bridgehead atoms. The van der Waals surface area contributed by atoms with Crippen molar-refractivity contribution in [1.82, 2.24) is 4.57 Å². The van der Waals surface area contributed by atoms with Crippen molar-refractivity contribution in [2.24, 2.45) is 0 Å². The van der Waals surface area contributed by atoms with Crippen molar-refractivity contribution >= 4 is 27.2 Å². The zero-order valence-electron chi connectivity index (χ0n) is 17.2. The number of hydrogen-bond donors (Lipinski definition) is 0. The average Bonchev–Trinajstić information content (AvgIpc) is 2.99. The van der Waals surface area contributed by atoms with Crippen LogP contribution in [0.15, 0.2) is 59.5 Å². The molecule has 0 aliphatic carbocycles. The van der Waals surface area contributed by atoms with Crippen LogP contribution in [0.25, 0.3) is 0 Å². The first-order valence-corrected chi connectivity index (χ1v) is 11.8. The summed E-state index contributed by atoms with van der Waals surface area (Å²) in [6.07, 6.45) is 1.99. The third kappa shape index (κ3) is 5.32. The molecule has 0 N–H and O–H groups in total. The van der Waals surface area contributed by atoms with Crippen LogP contribution >= 0.6 is 11.6 Å². The minimum Gasteiger partial charge on any atom is -0.485 e. The largest absolute Gasteiger partial charge is 0.485 e. The van der Waals surface area contributed by atoms with Crippen molar-refractivity contribution in [1.29, 1.82) is 0 Å². The van der Waals surface area contributed by atoms with Gasteiger partial charge in [-0.25, -0.2) is 8.42 Å². The highest BCUT2D eigenvalue weighted by atomic mass is 35.5. The Bertz CT molecular complexity index is 1150. The summed E-state index contributed by atoms with van der Waals surface area (Å²) < 4.78 is 30.7. The van der Waals surface area contributed by atoms with Crippen LogP contribution in [0.3, 0.4) is 0 Å². The Morgan fingerprint density at radius 2 is 1.67 bits per heavy atom. The third-order valence-electron chi connectivity index (χ3n) is 5.03. The first kappa shape index (κ1) is 22.1. The fourth-order valence-corrected chi connectivity index (χ4v) is 4.09. The highest BCUT2D eigenvalue weighted by Gasteiger charge is 2.16. The quantitative estimate of drug-likeness (QED) is 0.473. The van der Waals surface area contributed by atoms with Crippen LogP contribution < -0.4 is 4.74 Å². The number of ether oxygens (including phenoxy) is 1. The second-order valence-corrected chi connectivity index (χ2v) is 9.72. The van der Waals surface area contributed by atoms with Gasteiger partial charge in [0.15, 0.2) is 16.4 Å². The number of carbonyl (C=O) groups excluding carboxylic acids is 1. The summed E-state index contributed by atoms with van der Waals surface area (Å²) in [6, 6.07) is 15.7. The number of nitrogens with zero attached hydrogens (tertiary/aromatic N) is 1. The van der Waals surface area contributed by atoms with Crippen molar-refractivity contribution in [3.05, 3.63) is 82.1 Å². The molecule has 2 aromatic carbocycles. The number of ketones is 1. The number of rotatable bonds is 8. The first-order valence-electron chi connectivity index (χ1n) is 9.52. The molecule has 0 spiro atoms. The maximum atomic E-state index is 12.7. The lowest BCUT2D eigenvalue weighted by Gasteiger charge is -2.10. The number of hydrogen-bond acceptors (Lipinski definition) is 4. The van der Waals surface area contributed by atoms with Crippen molar-refractivity contribution < 1.29 is 17.9 Å². The smallest absolute Gasteiger partial charge is 0.202 e. The molecule has 7 heteroatoms. The van der Waals surface area contributed by atoms with Gasteiger partial charge < -0.3 is 9.30 Å². The maximum Gasteiger partial charge on any atom is 0.202 e. The summed E-state index contributed by atoms with van der Waals surface area (Å²) in [5.41, 5.74) is 3.74. The van der Waals surface area contributed by atoms with Gasteiger partial charge >= 0.3 is 0 Å². The Hall–Kier alpha value is -2.57. The molecule has 1 aromatic heterocycles. The molecule has 3 rings (SSSR count). The van der Waals surface area contributed by atoms with Gasteiger partial charge in [0.05, 0.1) is 4.90 Å². The summed E-state index contributed by atoms with van der Waals surface area (Å²) in [4.78, 5) is 12.9. The van der Waals surface area contributed by atoms with Crippen LogP contribution in [0.4, 0.5) is 0 Å². The van der Waals surface area contributed by atoms with E-state index >= 15 is 0 Å². The van der Waals surface area contributed by atoms with Crippen LogP contribution in [-0.2, 0) is 22.8 Å². The summed E-state index contributed by atoms with van der Waals surface area (Å²) in [7, 11) is -3.26. The lowest BCUT2D eigenvalue weighted by atomic mass is 10.1. The lowest BCUT2D eigenvalue weighted by Crippen LogP contribution is -2.13. The van der Waals surface area contributed by atoms with Crippen molar-refractivity contribution in [2.75, 3.05) is 12.9 Å². The van der Waals surface area contributed by atoms with Gasteiger partial charge in [-0.2, -0.15) is 0 Å². The molecule has 0 amide bonds. The van der Waals surface area contributed by atoms with E-state index in [1.165, 1.54) is 17.7 Å². The minimum absolute atomic E-state index is 0.111. The van der Waals surface area contributed by atoms with E-state index in [4.69, 9.17) is 16.3 Å². The van der Waals surface area contributed by atoms with Gasteiger partial charge in [0.1, 0.15) is 5.75 Å². The first-order chi connectivity index (χ1) is 14.1. The summed E-state index contributed by atoms with van der Waals surface area (Å²) >= 11 is 5.94. The summed E-state index contributed by atoms with van der Waals surface area (Å²) in [5, 5.41) is 0.714. The van der Waals surface area contributed by atoms with Gasteiger partial charge in [0.2, 0.25) is 5.78 Å². The topological polar surface area (TPSA) is 65.4 Å². The third-order valence-corrected chi connectivity index (χ3v) is 6.41. The van der Waals surface area contributed by atoms with E-state index in [9.17, 15) is 13.2 Å². The predicted octanol–water partition coefficient (Wildman–Crippen LogP) is 4.67. The maximum absolute atomic E-state index is 12.7. The molecule has 30 heavy (non-hydrogen) atoms. The van der Waals surface area contributed by atoms with E-state index in [1.54, 1.807) is 12.1 Å². The molecule has 3 aromatic rings. The Morgan fingerprint density at radius 3 is 2.27 bits per heavy atom. The van der Waals surface area contributed by atoms with Crippen molar-refractivity contribution in [3.63, 3.8) is 0 Å². The van der Waals surface area contributed by atoms with Gasteiger partial charge in [-0.15, -0.1) is 0 Å². The van der Waals surface area contributed by atoms with Crippen LogP contribution in [0.2, 0.25) is 5.02 Å². The molecule has 0 fully saturated rings. The van der Waals surface area contributed by atoms with Gasteiger partial charge in [-0.3, -0.25) is 4.79 Å². The van der Waals surface area contributed by atoms with Gasteiger partial charge in [0.25, 0.3) is 0 Å². The molecule has 0 unspecified atom stereocenters. The van der Waals surface area contributed by atoms with E-state index in [0.717, 1.165) is 30.6 Å². The highest BCUT2D eigenvalue weighted by molar-refractivity contribution is 7.90. The highest BCUT2D eigenvalue weighted by Crippen LogP contribution is 2.20. The van der Waals surface area contributed by atoms with Gasteiger partial charge in [-0.1, -0.05) is 23.7 Å². The second kappa shape index (κ2) is 9.06. The molecule has 0 atom stereocenters. The second-order valence-electron chi connectivity index (χ2n) is 7.27. The molecule has 5 nitrogen and oxygen atoms in total. The molecular formula is C23H24ClNO4S. The van der Waals surface area contributed by atoms with Gasteiger partial charge in [-0.05, 0) is 68.3 Å². The zero-order chi connectivity index (χ0) is 21.9. The number of aromatic nitrogens is 1. The number of Topliss-reactive ketones (excluding diaryl/α,β-unsaturated/α-hetero) is 1. The standard InChI is InChI=1S/C23H24ClNO4S/c1-16-14-22(17(2)25(16)13-12-18-4-6-19(24)7-5-18)23(26)15-29-20-8-10-21(11-9-20)30(3,27)28/h4-11,14H,12-13,15H2,1-3H3. The molecule has 0 radical (unpaired) electrons. The van der Waals surface area contributed by atoms with Crippen LogP contribution in [0, 0.1) is 13.8 Å². The lowest BCUT2D eigenvalue weighted by molar-refractivity contribution is 0.0920. The van der Waals surface area contributed by atoms with E-state index in [2.05, 4.69) is 4.57 Å². The van der Waals surface area contributed by atoms with E-state index in [-0.39, 0.29) is 17.3 Å². The predicted molar refractivity (Wildman–Crippen MR) is 118 cm³/mol. The molecule has 1 heterocycles. The molecule has 0 aliphatic rings. The minimum atomic E-state index is -3.26. The number of benzene rings is 2. The molecule has 0 saturated heterocycles. The Balaban J connectivity index is 1.65. The summed E-state index contributed by atoms with van der Waals surface area (Å²) in [5.74, 6) is 0.334. The number of halogens is 1. The van der Waals surface area contributed by atoms with Crippen LogP contribution in [0.5, 0.6) is 5.75 Å². The molecule has 0 saturated carbocycles. The average molecular weight is 446 g/mol. The number of aryl methyl sites for hydroxylation is 2. The van der Waals surface area contributed by atoms with E-state index in [1.807, 2.05) is 44.2 Å². The van der Waals surface area contributed by atoms with Gasteiger partial charge in [0, 0.05) is 34.8 Å². The van der Waals surface area contributed by atoms with E-state index < -0.39 is 9.84 Å².